The van der Waals surface area contributed by atoms with Crippen LogP contribution in [0.3, 0.4) is 0 Å². The number of para-hydroxylation sites is 2. The highest BCUT2D eigenvalue weighted by molar-refractivity contribution is 6.10. The van der Waals surface area contributed by atoms with Gasteiger partial charge in [0.2, 0.25) is 5.76 Å². The molecule has 0 aliphatic carbocycles. The first-order valence-electron chi connectivity index (χ1n) is 8.85. The van der Waals surface area contributed by atoms with Gasteiger partial charge in [0.15, 0.2) is 5.43 Å². The third-order valence-electron chi connectivity index (χ3n) is 5.01. The van der Waals surface area contributed by atoms with Gasteiger partial charge in [-0.15, -0.1) is 0 Å². The molecule has 4 nitrogen and oxygen atoms in total. The maximum absolute atomic E-state index is 14.7. The molecule has 1 atom stereocenters. The van der Waals surface area contributed by atoms with Crippen LogP contribution in [0, 0.1) is 5.82 Å². The van der Waals surface area contributed by atoms with Gasteiger partial charge in [-0.2, -0.15) is 0 Å². The van der Waals surface area contributed by atoms with Gasteiger partial charge >= 0.3 is 0 Å². The number of carbonyl (C=O) groups excluding carboxylic acids is 1. The average molecular weight is 371 g/mol. The van der Waals surface area contributed by atoms with E-state index in [0.29, 0.717) is 16.7 Å². The van der Waals surface area contributed by atoms with Crippen LogP contribution < -0.4 is 10.3 Å². The van der Waals surface area contributed by atoms with E-state index in [1.54, 1.807) is 66.7 Å². The fourth-order valence-corrected chi connectivity index (χ4v) is 3.77. The number of hydrogen-bond donors (Lipinski definition) is 0. The molecular formula is C23H14FNO3. The quantitative estimate of drug-likeness (QED) is 0.514. The molecule has 0 unspecified atom stereocenters. The van der Waals surface area contributed by atoms with E-state index in [9.17, 15) is 14.0 Å². The molecule has 3 aromatic carbocycles. The predicted octanol–water partition coefficient (Wildman–Crippen LogP) is 4.68. The van der Waals surface area contributed by atoms with Crippen LogP contribution in [0.5, 0.6) is 0 Å². The number of benzene rings is 3. The molecule has 2 heterocycles. The van der Waals surface area contributed by atoms with Crippen molar-refractivity contribution >= 4 is 22.6 Å². The van der Waals surface area contributed by atoms with Crippen molar-refractivity contribution < 1.29 is 13.6 Å². The second-order valence-electron chi connectivity index (χ2n) is 6.60. The third kappa shape index (κ3) is 2.29. The highest BCUT2D eigenvalue weighted by atomic mass is 19.1. The minimum atomic E-state index is -0.896. The summed E-state index contributed by atoms with van der Waals surface area (Å²) in [6.45, 7) is 0. The fraction of sp³-hybridized carbons (Fsp3) is 0.0435. The zero-order valence-corrected chi connectivity index (χ0v) is 14.6. The van der Waals surface area contributed by atoms with E-state index in [4.69, 9.17) is 4.42 Å². The Balaban J connectivity index is 1.86. The second-order valence-corrected chi connectivity index (χ2v) is 6.60. The zero-order valence-electron chi connectivity index (χ0n) is 14.6. The summed E-state index contributed by atoms with van der Waals surface area (Å²) < 4.78 is 20.6. The van der Waals surface area contributed by atoms with Gasteiger partial charge in [0.1, 0.15) is 11.4 Å². The number of hydrogen-bond acceptors (Lipinski definition) is 3. The van der Waals surface area contributed by atoms with Gasteiger partial charge in [0.25, 0.3) is 5.91 Å². The smallest absolute Gasteiger partial charge is 0.295 e. The summed E-state index contributed by atoms with van der Waals surface area (Å²) in [4.78, 5) is 28.0. The summed E-state index contributed by atoms with van der Waals surface area (Å²) in [5.74, 6) is -0.986. The van der Waals surface area contributed by atoms with Crippen molar-refractivity contribution in [1.29, 1.82) is 0 Å². The number of anilines is 1. The fourth-order valence-electron chi connectivity index (χ4n) is 3.77. The molecule has 0 spiro atoms. The Labute approximate surface area is 159 Å². The van der Waals surface area contributed by atoms with Crippen LogP contribution in [0.25, 0.3) is 11.0 Å². The lowest BCUT2D eigenvalue weighted by Crippen LogP contribution is -2.30. The van der Waals surface area contributed by atoms with E-state index in [1.165, 1.54) is 11.0 Å². The van der Waals surface area contributed by atoms with Crippen molar-refractivity contribution in [2.75, 3.05) is 4.90 Å². The lowest BCUT2D eigenvalue weighted by Gasteiger charge is -2.25. The first-order valence-corrected chi connectivity index (χ1v) is 8.85. The minimum Gasteiger partial charge on any atom is -0.450 e. The third-order valence-corrected chi connectivity index (χ3v) is 5.01. The van der Waals surface area contributed by atoms with Crippen molar-refractivity contribution in [3.63, 3.8) is 0 Å². The Kier molecular flexibility index (Phi) is 3.62. The van der Waals surface area contributed by atoms with Crippen LogP contribution in [0.4, 0.5) is 10.1 Å². The standard InChI is InChI=1S/C23H14FNO3/c24-17-12-6-4-10-15(17)20-19-21(26)16-11-5-7-13-18(16)28-22(19)23(27)25(20)14-8-2-1-3-9-14/h1-13,20H/t20-/m0/s1. The number of amides is 1. The Morgan fingerprint density at radius 3 is 2.29 bits per heavy atom. The molecule has 1 amide bonds. The van der Waals surface area contributed by atoms with Gasteiger partial charge < -0.3 is 4.42 Å². The molecule has 0 N–H and O–H groups in total. The second kappa shape index (κ2) is 6.16. The molecule has 5 heteroatoms. The summed E-state index contributed by atoms with van der Waals surface area (Å²) in [7, 11) is 0. The van der Waals surface area contributed by atoms with Gasteiger partial charge in [-0.3, -0.25) is 14.5 Å². The molecule has 1 aliphatic heterocycles. The molecule has 4 aromatic rings. The highest BCUT2D eigenvalue weighted by Crippen LogP contribution is 2.41. The topological polar surface area (TPSA) is 50.5 Å². The van der Waals surface area contributed by atoms with Crippen molar-refractivity contribution in [3.05, 3.63) is 112 Å². The van der Waals surface area contributed by atoms with Crippen LogP contribution in [0.2, 0.25) is 0 Å². The van der Waals surface area contributed by atoms with Gasteiger partial charge in [-0.05, 0) is 30.3 Å². The van der Waals surface area contributed by atoms with Crippen molar-refractivity contribution in [2.45, 2.75) is 6.04 Å². The Morgan fingerprint density at radius 1 is 0.821 bits per heavy atom. The van der Waals surface area contributed by atoms with Crippen LogP contribution in [-0.2, 0) is 0 Å². The average Bonchev–Trinajstić information content (AvgIpc) is 3.02. The molecular weight excluding hydrogens is 357 g/mol. The zero-order chi connectivity index (χ0) is 19.3. The van der Waals surface area contributed by atoms with Crippen molar-refractivity contribution in [1.82, 2.24) is 0 Å². The lowest BCUT2D eigenvalue weighted by molar-refractivity contribution is 0.0971. The van der Waals surface area contributed by atoms with Gasteiger partial charge in [-0.25, -0.2) is 4.39 Å². The summed E-state index contributed by atoms with van der Waals surface area (Å²) in [5, 5.41) is 0.366. The first kappa shape index (κ1) is 16.4. The molecule has 0 radical (unpaired) electrons. The number of rotatable bonds is 2. The minimum absolute atomic E-state index is 0.0409. The van der Waals surface area contributed by atoms with E-state index in [-0.39, 0.29) is 22.3 Å². The number of fused-ring (bicyclic) bond motifs is 2. The Bertz CT molecular complexity index is 1280. The molecule has 1 aliphatic rings. The number of nitrogens with zero attached hydrogens (tertiary/aromatic N) is 1. The summed E-state index contributed by atoms with van der Waals surface area (Å²) in [6, 6.07) is 20.9. The van der Waals surface area contributed by atoms with Gasteiger partial charge in [-0.1, -0.05) is 48.5 Å². The summed E-state index contributed by atoms with van der Waals surface area (Å²) in [5.41, 5.74) is 0.993. The van der Waals surface area contributed by atoms with E-state index in [1.807, 2.05) is 6.07 Å². The van der Waals surface area contributed by atoms with E-state index >= 15 is 0 Å². The molecule has 0 fully saturated rings. The molecule has 0 saturated carbocycles. The summed E-state index contributed by atoms with van der Waals surface area (Å²) in [6.07, 6.45) is 0. The first-order chi connectivity index (χ1) is 13.7. The monoisotopic (exact) mass is 371 g/mol. The Morgan fingerprint density at radius 2 is 1.50 bits per heavy atom. The van der Waals surface area contributed by atoms with Crippen LogP contribution in [-0.4, -0.2) is 5.91 Å². The van der Waals surface area contributed by atoms with E-state index < -0.39 is 17.8 Å². The number of halogens is 1. The van der Waals surface area contributed by atoms with E-state index in [2.05, 4.69) is 0 Å². The van der Waals surface area contributed by atoms with Crippen molar-refractivity contribution in [3.8, 4) is 0 Å². The Hall–Kier alpha value is -3.73. The van der Waals surface area contributed by atoms with E-state index in [0.717, 1.165) is 0 Å². The van der Waals surface area contributed by atoms with Crippen LogP contribution in [0.15, 0.2) is 88.1 Å². The molecule has 1 aromatic heterocycles. The SMILES string of the molecule is O=C1c2oc3ccccc3c(=O)c2[C@H](c2ccccc2F)N1c1ccccc1. The van der Waals surface area contributed by atoms with Crippen LogP contribution >= 0.6 is 0 Å². The molecule has 136 valence electrons. The maximum Gasteiger partial charge on any atom is 0.295 e. The maximum atomic E-state index is 14.7. The van der Waals surface area contributed by atoms with Crippen molar-refractivity contribution in [2.24, 2.45) is 0 Å². The predicted molar refractivity (Wildman–Crippen MR) is 104 cm³/mol. The van der Waals surface area contributed by atoms with Crippen LogP contribution in [0.1, 0.15) is 27.7 Å². The van der Waals surface area contributed by atoms with Gasteiger partial charge in [0, 0.05) is 11.3 Å². The molecule has 5 rings (SSSR count). The highest BCUT2D eigenvalue weighted by Gasteiger charge is 2.44. The molecule has 28 heavy (non-hydrogen) atoms. The number of carbonyl (C=O) groups is 1. The molecule has 0 bridgehead atoms. The summed E-state index contributed by atoms with van der Waals surface area (Å²) >= 11 is 0. The lowest BCUT2D eigenvalue weighted by atomic mass is 9.98. The largest absolute Gasteiger partial charge is 0.450 e. The van der Waals surface area contributed by atoms with Gasteiger partial charge in [0.05, 0.1) is 17.0 Å². The molecule has 0 saturated heterocycles. The normalized spacial score (nSPS) is 15.8.